The summed E-state index contributed by atoms with van der Waals surface area (Å²) in [7, 11) is -1.38. The van der Waals surface area contributed by atoms with Gasteiger partial charge >= 0.3 is 7.12 Å². The second kappa shape index (κ2) is 4.20. The SMILES string of the molecule is CC(C)(C)c1cc(I)cc(B(O)O)c1. The van der Waals surface area contributed by atoms with Crippen LogP contribution in [-0.4, -0.2) is 17.2 Å². The van der Waals surface area contributed by atoms with Gasteiger partial charge in [0.2, 0.25) is 0 Å². The number of benzene rings is 1. The van der Waals surface area contributed by atoms with Crippen molar-refractivity contribution in [2.75, 3.05) is 0 Å². The number of halogens is 1. The van der Waals surface area contributed by atoms with Crippen LogP contribution in [0.15, 0.2) is 18.2 Å². The molecule has 0 aromatic heterocycles. The number of hydrogen-bond acceptors (Lipinski definition) is 2. The Kier molecular flexibility index (Phi) is 3.61. The van der Waals surface area contributed by atoms with Crippen LogP contribution in [0.25, 0.3) is 0 Å². The van der Waals surface area contributed by atoms with Crippen LogP contribution in [-0.2, 0) is 5.41 Å². The fourth-order valence-electron chi connectivity index (χ4n) is 1.19. The molecule has 0 saturated carbocycles. The van der Waals surface area contributed by atoms with E-state index in [-0.39, 0.29) is 5.41 Å². The van der Waals surface area contributed by atoms with Crippen molar-refractivity contribution in [3.8, 4) is 0 Å². The van der Waals surface area contributed by atoms with Gasteiger partial charge in [0.15, 0.2) is 0 Å². The normalized spacial score (nSPS) is 11.6. The Hall–Kier alpha value is -0.0651. The lowest BCUT2D eigenvalue weighted by Crippen LogP contribution is -2.31. The molecule has 2 nitrogen and oxygen atoms in total. The van der Waals surface area contributed by atoms with Crippen LogP contribution in [0, 0.1) is 3.57 Å². The fourth-order valence-corrected chi connectivity index (χ4v) is 1.89. The van der Waals surface area contributed by atoms with E-state index in [4.69, 9.17) is 10.0 Å². The van der Waals surface area contributed by atoms with Crippen molar-refractivity contribution in [3.63, 3.8) is 0 Å². The molecule has 0 fully saturated rings. The first-order valence-corrected chi connectivity index (χ1v) is 5.55. The monoisotopic (exact) mass is 304 g/mol. The second-order valence-corrected chi connectivity index (χ2v) is 5.64. The summed E-state index contributed by atoms with van der Waals surface area (Å²) in [6, 6.07) is 5.68. The third kappa shape index (κ3) is 2.97. The highest BCUT2D eigenvalue weighted by Gasteiger charge is 2.18. The number of rotatable bonds is 1. The maximum atomic E-state index is 9.09. The Balaban J connectivity index is 3.21. The quantitative estimate of drug-likeness (QED) is 0.606. The van der Waals surface area contributed by atoms with Crippen molar-refractivity contribution in [3.05, 3.63) is 27.3 Å². The molecule has 0 atom stereocenters. The van der Waals surface area contributed by atoms with Gasteiger partial charge in [0.1, 0.15) is 0 Å². The summed E-state index contributed by atoms with van der Waals surface area (Å²) in [4.78, 5) is 0. The van der Waals surface area contributed by atoms with Crippen LogP contribution >= 0.6 is 22.6 Å². The van der Waals surface area contributed by atoms with Crippen LogP contribution in [0.4, 0.5) is 0 Å². The molecule has 0 saturated heterocycles. The van der Waals surface area contributed by atoms with E-state index < -0.39 is 7.12 Å². The molecular weight excluding hydrogens is 290 g/mol. The van der Waals surface area contributed by atoms with Crippen molar-refractivity contribution in [2.45, 2.75) is 26.2 Å². The molecule has 0 radical (unpaired) electrons. The lowest BCUT2D eigenvalue weighted by molar-refractivity contribution is 0.425. The van der Waals surface area contributed by atoms with E-state index in [0.29, 0.717) is 5.46 Å². The van der Waals surface area contributed by atoms with Gasteiger partial charge in [-0.2, -0.15) is 0 Å². The number of hydrogen-bond donors (Lipinski definition) is 2. The van der Waals surface area contributed by atoms with Crippen LogP contribution in [0.5, 0.6) is 0 Å². The Morgan fingerprint density at radius 3 is 2.14 bits per heavy atom. The minimum Gasteiger partial charge on any atom is -0.423 e. The molecule has 0 spiro atoms. The Morgan fingerprint density at radius 2 is 1.71 bits per heavy atom. The molecule has 0 heterocycles. The lowest BCUT2D eigenvalue weighted by Gasteiger charge is -2.20. The Labute approximate surface area is 98.6 Å². The van der Waals surface area contributed by atoms with E-state index in [1.165, 1.54) is 0 Å². The summed E-state index contributed by atoms with van der Waals surface area (Å²) in [5, 5.41) is 18.2. The Morgan fingerprint density at radius 1 is 1.14 bits per heavy atom. The third-order valence-corrected chi connectivity index (χ3v) is 2.71. The summed E-state index contributed by atoms with van der Waals surface area (Å²) in [5.41, 5.74) is 1.71. The van der Waals surface area contributed by atoms with E-state index in [9.17, 15) is 0 Å². The standard InChI is InChI=1S/C10H14BIO2/c1-10(2,3)7-4-8(11(13)14)6-9(12)5-7/h4-6,13-14H,1-3H3. The molecular formula is C10H14BIO2. The first kappa shape index (κ1) is 12.0. The van der Waals surface area contributed by atoms with Gasteiger partial charge in [0, 0.05) is 3.57 Å². The predicted molar refractivity (Wildman–Crippen MR) is 67.7 cm³/mol. The average Bonchev–Trinajstić information content (AvgIpc) is 2.01. The first-order chi connectivity index (χ1) is 6.30. The van der Waals surface area contributed by atoms with Crippen LogP contribution in [0.1, 0.15) is 26.3 Å². The molecule has 1 rings (SSSR count). The summed E-state index contributed by atoms with van der Waals surface area (Å²) >= 11 is 2.18. The van der Waals surface area contributed by atoms with Gasteiger partial charge in [-0.15, -0.1) is 0 Å². The second-order valence-electron chi connectivity index (χ2n) is 4.40. The summed E-state index contributed by atoms with van der Waals surface area (Å²) in [6.45, 7) is 6.31. The van der Waals surface area contributed by atoms with E-state index in [0.717, 1.165) is 9.13 Å². The third-order valence-electron chi connectivity index (χ3n) is 2.08. The largest absolute Gasteiger partial charge is 0.488 e. The maximum Gasteiger partial charge on any atom is 0.488 e. The van der Waals surface area contributed by atoms with Crippen LogP contribution in [0.2, 0.25) is 0 Å². The van der Waals surface area contributed by atoms with E-state index in [1.807, 2.05) is 6.07 Å². The zero-order valence-corrected chi connectivity index (χ0v) is 10.7. The minimum absolute atomic E-state index is 0.0326. The van der Waals surface area contributed by atoms with Crippen molar-refractivity contribution in [2.24, 2.45) is 0 Å². The summed E-state index contributed by atoms with van der Waals surface area (Å²) in [6.07, 6.45) is 0. The molecule has 0 bridgehead atoms. The van der Waals surface area contributed by atoms with E-state index in [2.05, 4.69) is 49.4 Å². The molecule has 0 aliphatic heterocycles. The molecule has 0 amide bonds. The highest BCUT2D eigenvalue weighted by molar-refractivity contribution is 14.1. The zero-order valence-electron chi connectivity index (χ0n) is 8.58. The van der Waals surface area contributed by atoms with Crippen LogP contribution < -0.4 is 5.46 Å². The molecule has 2 N–H and O–H groups in total. The van der Waals surface area contributed by atoms with Gasteiger partial charge in [0.25, 0.3) is 0 Å². The predicted octanol–water partition coefficient (Wildman–Crippen LogP) is 1.27. The zero-order chi connectivity index (χ0) is 10.9. The molecule has 1 aromatic rings. The molecule has 0 aliphatic carbocycles. The van der Waals surface area contributed by atoms with Crippen molar-refractivity contribution in [1.29, 1.82) is 0 Å². The maximum absolute atomic E-state index is 9.09. The van der Waals surface area contributed by atoms with Gasteiger partial charge in [-0.25, -0.2) is 0 Å². The average molecular weight is 304 g/mol. The van der Waals surface area contributed by atoms with Crippen molar-refractivity contribution in [1.82, 2.24) is 0 Å². The highest BCUT2D eigenvalue weighted by atomic mass is 127. The minimum atomic E-state index is -1.38. The van der Waals surface area contributed by atoms with Crippen LogP contribution in [0.3, 0.4) is 0 Å². The highest BCUT2D eigenvalue weighted by Crippen LogP contribution is 2.22. The summed E-state index contributed by atoms with van der Waals surface area (Å²) in [5.74, 6) is 0. The molecule has 4 heteroatoms. The smallest absolute Gasteiger partial charge is 0.423 e. The molecule has 76 valence electrons. The van der Waals surface area contributed by atoms with Crippen molar-refractivity contribution < 1.29 is 10.0 Å². The molecule has 0 aliphatic rings. The Bertz CT molecular complexity index is 331. The van der Waals surface area contributed by atoms with Gasteiger partial charge in [-0.05, 0) is 51.2 Å². The molecule has 1 aromatic carbocycles. The van der Waals surface area contributed by atoms with Gasteiger partial charge in [-0.1, -0.05) is 26.8 Å². The van der Waals surface area contributed by atoms with Crippen molar-refractivity contribution >= 4 is 35.2 Å². The summed E-state index contributed by atoms with van der Waals surface area (Å²) < 4.78 is 1.03. The van der Waals surface area contributed by atoms with E-state index >= 15 is 0 Å². The molecule has 14 heavy (non-hydrogen) atoms. The van der Waals surface area contributed by atoms with E-state index in [1.54, 1.807) is 6.07 Å². The first-order valence-electron chi connectivity index (χ1n) is 4.48. The fraction of sp³-hybridized carbons (Fsp3) is 0.400. The molecule has 0 unspecified atom stereocenters. The van der Waals surface area contributed by atoms with Gasteiger partial charge < -0.3 is 10.0 Å². The van der Waals surface area contributed by atoms with Gasteiger partial charge in [-0.3, -0.25) is 0 Å². The topological polar surface area (TPSA) is 40.5 Å². The lowest BCUT2D eigenvalue weighted by atomic mass is 9.76. The van der Waals surface area contributed by atoms with Gasteiger partial charge in [0.05, 0.1) is 0 Å².